The molecule has 0 saturated heterocycles. The maximum atomic E-state index is 12.4. The summed E-state index contributed by atoms with van der Waals surface area (Å²) in [6, 6.07) is 18.4. The molecule has 1 aliphatic rings. The zero-order chi connectivity index (χ0) is 18.5. The lowest BCUT2D eigenvalue weighted by Crippen LogP contribution is -2.23. The number of ketones is 2. The van der Waals surface area contributed by atoms with E-state index in [1.165, 1.54) is 0 Å². The van der Waals surface area contributed by atoms with Gasteiger partial charge in [-0.05, 0) is 11.1 Å². The van der Waals surface area contributed by atoms with Gasteiger partial charge in [0.05, 0.1) is 0 Å². The molecule has 1 aliphatic carbocycles. The Morgan fingerprint density at radius 3 is 1.31 bits per heavy atom. The number of carbonyl (C=O) groups excluding carboxylic acids is 2. The molecule has 26 heavy (non-hydrogen) atoms. The highest BCUT2D eigenvalue weighted by Gasteiger charge is 2.36. The third-order valence-electron chi connectivity index (χ3n) is 3.66. The van der Waals surface area contributed by atoms with Crippen LogP contribution in [0.3, 0.4) is 0 Å². The summed E-state index contributed by atoms with van der Waals surface area (Å²) in [6.07, 6.45) is 0. The van der Waals surface area contributed by atoms with Crippen LogP contribution in [0, 0.1) is 0 Å². The Bertz CT molecular complexity index is 811. The van der Waals surface area contributed by atoms with Crippen molar-refractivity contribution < 1.29 is 19.1 Å². The number of allylic oxidation sites excluding steroid dienone is 2. The number of rotatable bonds is 6. The minimum Gasteiger partial charge on any atom is -0.483 e. The lowest BCUT2D eigenvalue weighted by molar-refractivity contribution is -0.120. The standard InChI is InChI=1S/C20H14Cl2O4/c21-15-18(24)20(26-12-14-9-5-2-6-10-14)16(22)17(23)19(15)25-11-13-7-3-1-4-8-13/h1-10H,11-12H2. The number of hydrogen-bond donors (Lipinski definition) is 0. The van der Waals surface area contributed by atoms with Gasteiger partial charge in [0, 0.05) is 0 Å². The average Bonchev–Trinajstić information content (AvgIpc) is 2.68. The number of Topliss-reactive ketones (excluding diaryl/α,β-unsaturated/α-hetero) is 2. The summed E-state index contributed by atoms with van der Waals surface area (Å²) in [4.78, 5) is 24.9. The summed E-state index contributed by atoms with van der Waals surface area (Å²) in [5, 5.41) is -0.670. The van der Waals surface area contributed by atoms with E-state index in [2.05, 4.69) is 0 Å². The molecule has 0 fully saturated rings. The highest BCUT2D eigenvalue weighted by molar-refractivity contribution is 6.55. The van der Waals surface area contributed by atoms with E-state index in [4.69, 9.17) is 32.7 Å². The van der Waals surface area contributed by atoms with Crippen LogP contribution in [-0.4, -0.2) is 11.6 Å². The monoisotopic (exact) mass is 388 g/mol. The van der Waals surface area contributed by atoms with E-state index >= 15 is 0 Å². The van der Waals surface area contributed by atoms with Crippen LogP contribution in [0.1, 0.15) is 11.1 Å². The molecule has 2 aromatic rings. The van der Waals surface area contributed by atoms with Crippen LogP contribution in [0.15, 0.2) is 82.2 Å². The fraction of sp³-hybridized carbons (Fsp3) is 0.100. The Hall–Kier alpha value is -2.56. The van der Waals surface area contributed by atoms with Gasteiger partial charge < -0.3 is 9.47 Å². The predicted molar refractivity (Wildman–Crippen MR) is 98.2 cm³/mol. The third-order valence-corrected chi connectivity index (χ3v) is 4.35. The molecule has 0 unspecified atom stereocenters. The first-order chi connectivity index (χ1) is 12.6. The molecule has 0 saturated carbocycles. The van der Waals surface area contributed by atoms with E-state index in [0.717, 1.165) is 11.1 Å². The van der Waals surface area contributed by atoms with E-state index in [9.17, 15) is 9.59 Å². The summed E-state index contributed by atoms with van der Waals surface area (Å²) in [5.41, 5.74) is 1.66. The number of ether oxygens (including phenoxy) is 2. The molecular formula is C20H14Cl2O4. The molecule has 2 aromatic carbocycles. The van der Waals surface area contributed by atoms with Crippen molar-refractivity contribution in [2.45, 2.75) is 13.2 Å². The van der Waals surface area contributed by atoms with Gasteiger partial charge in [-0.3, -0.25) is 9.59 Å². The van der Waals surface area contributed by atoms with Gasteiger partial charge in [-0.2, -0.15) is 0 Å². The molecule has 0 N–H and O–H groups in total. The van der Waals surface area contributed by atoms with Gasteiger partial charge >= 0.3 is 0 Å². The van der Waals surface area contributed by atoms with Crippen molar-refractivity contribution in [1.82, 2.24) is 0 Å². The highest BCUT2D eigenvalue weighted by atomic mass is 35.5. The second-order valence-electron chi connectivity index (χ2n) is 5.49. The average molecular weight is 389 g/mol. The fourth-order valence-electron chi connectivity index (χ4n) is 2.32. The van der Waals surface area contributed by atoms with Crippen molar-refractivity contribution in [3.05, 3.63) is 93.4 Å². The van der Waals surface area contributed by atoms with Gasteiger partial charge in [-0.1, -0.05) is 83.9 Å². The van der Waals surface area contributed by atoms with Crippen LogP contribution < -0.4 is 0 Å². The van der Waals surface area contributed by atoms with E-state index in [1.807, 2.05) is 60.7 Å². The maximum absolute atomic E-state index is 12.4. The van der Waals surface area contributed by atoms with Crippen molar-refractivity contribution in [2.75, 3.05) is 0 Å². The topological polar surface area (TPSA) is 52.6 Å². The molecule has 0 radical (unpaired) electrons. The SMILES string of the molecule is O=C1C(Cl)=C(OCc2ccccc2)C(=O)C(Cl)=C1OCc1ccccc1. The molecule has 0 atom stereocenters. The van der Waals surface area contributed by atoms with E-state index < -0.39 is 11.6 Å². The van der Waals surface area contributed by atoms with Crippen molar-refractivity contribution in [2.24, 2.45) is 0 Å². The van der Waals surface area contributed by atoms with Crippen LogP contribution >= 0.6 is 23.2 Å². The first-order valence-electron chi connectivity index (χ1n) is 7.80. The first kappa shape index (κ1) is 18.2. The van der Waals surface area contributed by atoms with E-state index in [1.54, 1.807) is 0 Å². The Kier molecular flexibility index (Phi) is 5.76. The van der Waals surface area contributed by atoms with Crippen LogP contribution in [0.2, 0.25) is 0 Å². The Balaban J connectivity index is 1.74. The quantitative estimate of drug-likeness (QED) is 0.684. The van der Waals surface area contributed by atoms with Gasteiger partial charge in [0.25, 0.3) is 0 Å². The van der Waals surface area contributed by atoms with Crippen LogP contribution in [0.4, 0.5) is 0 Å². The fourth-order valence-corrected chi connectivity index (χ4v) is 2.77. The molecule has 0 aliphatic heterocycles. The summed E-state index contributed by atoms with van der Waals surface area (Å²) < 4.78 is 10.9. The van der Waals surface area contributed by atoms with Crippen LogP contribution in [0.25, 0.3) is 0 Å². The molecule has 6 heteroatoms. The summed E-state index contributed by atoms with van der Waals surface area (Å²) in [6.45, 7) is 0.186. The molecular weight excluding hydrogens is 375 g/mol. The lowest BCUT2D eigenvalue weighted by atomic mass is 10.1. The molecule has 0 bridgehead atoms. The van der Waals surface area contributed by atoms with Crippen molar-refractivity contribution in [3.63, 3.8) is 0 Å². The zero-order valence-corrected chi connectivity index (χ0v) is 15.1. The molecule has 0 heterocycles. The number of halogens is 2. The number of hydrogen-bond acceptors (Lipinski definition) is 4. The van der Waals surface area contributed by atoms with E-state index in [0.29, 0.717) is 0 Å². The summed E-state index contributed by atoms with van der Waals surface area (Å²) in [5.74, 6) is -1.87. The third kappa shape index (κ3) is 3.98. The van der Waals surface area contributed by atoms with E-state index in [-0.39, 0.29) is 34.8 Å². The van der Waals surface area contributed by atoms with Gasteiger partial charge in [0.1, 0.15) is 23.3 Å². The van der Waals surface area contributed by atoms with Crippen LogP contribution in [0.5, 0.6) is 0 Å². The Morgan fingerprint density at radius 2 is 0.962 bits per heavy atom. The second-order valence-corrected chi connectivity index (χ2v) is 6.25. The highest BCUT2D eigenvalue weighted by Crippen LogP contribution is 2.31. The summed E-state index contributed by atoms with van der Waals surface area (Å²) >= 11 is 12.1. The largest absolute Gasteiger partial charge is 0.483 e. The van der Waals surface area contributed by atoms with Crippen LogP contribution in [-0.2, 0) is 32.3 Å². The van der Waals surface area contributed by atoms with Crippen molar-refractivity contribution in [3.8, 4) is 0 Å². The Labute approximate surface area is 160 Å². The molecule has 0 amide bonds. The second kappa shape index (κ2) is 8.21. The summed E-state index contributed by atoms with van der Waals surface area (Å²) in [7, 11) is 0. The van der Waals surface area contributed by atoms with Crippen molar-refractivity contribution >= 4 is 34.8 Å². The van der Waals surface area contributed by atoms with Gasteiger partial charge in [0.2, 0.25) is 11.6 Å². The first-order valence-corrected chi connectivity index (χ1v) is 8.56. The maximum Gasteiger partial charge on any atom is 0.244 e. The molecule has 0 spiro atoms. The lowest BCUT2D eigenvalue weighted by Gasteiger charge is -2.19. The van der Waals surface area contributed by atoms with Gasteiger partial charge in [-0.25, -0.2) is 0 Å². The Morgan fingerprint density at radius 1 is 0.615 bits per heavy atom. The minimum absolute atomic E-state index is 0.0930. The molecule has 132 valence electrons. The zero-order valence-electron chi connectivity index (χ0n) is 13.6. The van der Waals surface area contributed by atoms with Crippen molar-refractivity contribution in [1.29, 1.82) is 0 Å². The number of carbonyl (C=O) groups is 2. The van der Waals surface area contributed by atoms with Gasteiger partial charge in [-0.15, -0.1) is 0 Å². The minimum atomic E-state index is -0.671. The predicted octanol–water partition coefficient (Wildman–Crippen LogP) is 4.47. The molecule has 3 rings (SSSR count). The number of benzene rings is 2. The molecule has 0 aromatic heterocycles. The normalized spacial score (nSPS) is 14.7. The molecule has 4 nitrogen and oxygen atoms in total. The van der Waals surface area contributed by atoms with Gasteiger partial charge in [0.15, 0.2) is 11.5 Å². The smallest absolute Gasteiger partial charge is 0.244 e.